The van der Waals surface area contributed by atoms with E-state index in [2.05, 4.69) is 0 Å². The van der Waals surface area contributed by atoms with Gasteiger partial charge in [-0.1, -0.05) is 29.8 Å². The summed E-state index contributed by atoms with van der Waals surface area (Å²) in [5.74, 6) is -0.593. The number of anilines is 1. The topological polar surface area (TPSA) is 57.6 Å². The fraction of sp³-hybridized carbons (Fsp3) is 0.294. The Hall–Kier alpha value is -1.92. The summed E-state index contributed by atoms with van der Waals surface area (Å²) in [6.45, 7) is 2.14. The number of sulfonamides is 1. The van der Waals surface area contributed by atoms with Gasteiger partial charge >= 0.3 is 0 Å². The van der Waals surface area contributed by atoms with Crippen molar-refractivity contribution < 1.29 is 17.9 Å². The lowest BCUT2D eigenvalue weighted by atomic mass is 9.99. The molecule has 0 aliphatic carbocycles. The smallest absolute Gasteiger partial charge is 0.239 e. The van der Waals surface area contributed by atoms with E-state index in [4.69, 9.17) is 0 Å². The van der Waals surface area contributed by atoms with Crippen molar-refractivity contribution in [3.63, 3.8) is 0 Å². The van der Waals surface area contributed by atoms with Gasteiger partial charge in [0.1, 0.15) is 5.82 Å². The van der Waals surface area contributed by atoms with Gasteiger partial charge in [-0.2, -0.15) is 0 Å². The average Bonchev–Trinajstić information content (AvgIpc) is 2.50. The molecule has 0 saturated heterocycles. The molecule has 0 aromatic heterocycles. The van der Waals surface area contributed by atoms with E-state index in [0.29, 0.717) is 23.2 Å². The van der Waals surface area contributed by atoms with Crippen molar-refractivity contribution >= 4 is 15.7 Å². The van der Waals surface area contributed by atoms with Gasteiger partial charge in [0.2, 0.25) is 10.0 Å². The van der Waals surface area contributed by atoms with Crippen LogP contribution in [0.4, 0.5) is 10.1 Å². The van der Waals surface area contributed by atoms with E-state index in [1.807, 2.05) is 19.1 Å². The van der Waals surface area contributed by atoms with E-state index in [0.717, 1.165) is 5.56 Å². The molecule has 0 saturated carbocycles. The Balaban J connectivity index is 1.95. The number of aliphatic hydroxyl groups excluding tert-OH is 1. The van der Waals surface area contributed by atoms with Crippen LogP contribution in [0.3, 0.4) is 0 Å². The quantitative estimate of drug-likeness (QED) is 0.938. The molecule has 0 amide bonds. The lowest BCUT2D eigenvalue weighted by Gasteiger charge is -2.33. The first kappa shape index (κ1) is 16.0. The van der Waals surface area contributed by atoms with Gasteiger partial charge < -0.3 is 5.11 Å². The Morgan fingerprint density at radius 1 is 1.22 bits per heavy atom. The summed E-state index contributed by atoms with van der Waals surface area (Å²) in [7, 11) is -3.60. The van der Waals surface area contributed by atoms with Crippen molar-refractivity contribution in [2.45, 2.75) is 25.2 Å². The van der Waals surface area contributed by atoms with Crippen molar-refractivity contribution in [2.24, 2.45) is 0 Å². The van der Waals surface area contributed by atoms with E-state index >= 15 is 0 Å². The molecule has 1 aliphatic rings. The molecule has 6 heteroatoms. The van der Waals surface area contributed by atoms with Gasteiger partial charge in [0.15, 0.2) is 0 Å². The van der Waals surface area contributed by atoms with E-state index < -0.39 is 21.9 Å². The molecule has 0 spiro atoms. The lowest BCUT2D eigenvalue weighted by molar-refractivity contribution is 0.166. The Bertz CT molecular complexity index is 818. The van der Waals surface area contributed by atoms with Crippen molar-refractivity contribution in [3.8, 4) is 0 Å². The first-order chi connectivity index (χ1) is 10.9. The predicted octanol–water partition coefficient (Wildman–Crippen LogP) is 2.91. The van der Waals surface area contributed by atoms with Gasteiger partial charge in [0, 0.05) is 12.1 Å². The van der Waals surface area contributed by atoms with Gasteiger partial charge in [-0.15, -0.1) is 0 Å². The van der Waals surface area contributed by atoms with Crippen LogP contribution in [0, 0.1) is 12.7 Å². The third-order valence-corrected chi connectivity index (χ3v) is 5.76. The van der Waals surface area contributed by atoms with E-state index in [1.54, 1.807) is 6.07 Å². The maximum atomic E-state index is 13.0. The summed E-state index contributed by atoms with van der Waals surface area (Å²) >= 11 is 0. The van der Waals surface area contributed by atoms with Crippen LogP contribution in [-0.4, -0.2) is 20.1 Å². The number of halogens is 1. The van der Waals surface area contributed by atoms with Gasteiger partial charge in [0.25, 0.3) is 0 Å². The number of aliphatic hydroxyl groups is 1. The van der Waals surface area contributed by atoms with E-state index in [1.165, 1.54) is 28.6 Å². The second-order valence-electron chi connectivity index (χ2n) is 5.82. The number of benzene rings is 2. The molecule has 1 unspecified atom stereocenters. The summed E-state index contributed by atoms with van der Waals surface area (Å²) < 4.78 is 39.8. The van der Waals surface area contributed by atoms with Crippen LogP contribution >= 0.6 is 0 Å². The van der Waals surface area contributed by atoms with Crippen LogP contribution in [0.15, 0.2) is 42.5 Å². The second kappa shape index (κ2) is 5.94. The average molecular weight is 335 g/mol. The molecule has 3 rings (SSSR count). The summed E-state index contributed by atoms with van der Waals surface area (Å²) in [6.07, 6.45) is -0.291. The van der Waals surface area contributed by atoms with Gasteiger partial charge in [-0.3, -0.25) is 4.31 Å². The minimum atomic E-state index is -3.60. The van der Waals surface area contributed by atoms with Gasteiger partial charge in [-0.05, 0) is 37.1 Å². The maximum Gasteiger partial charge on any atom is 0.239 e. The fourth-order valence-corrected chi connectivity index (χ4v) is 4.46. The molecular weight excluding hydrogens is 317 g/mol. The molecule has 1 heterocycles. The molecule has 0 fully saturated rings. The van der Waals surface area contributed by atoms with Crippen molar-refractivity contribution in [3.05, 3.63) is 65.0 Å². The van der Waals surface area contributed by atoms with E-state index in [-0.39, 0.29) is 12.3 Å². The number of rotatable bonds is 3. The molecule has 1 N–H and O–H groups in total. The number of aryl methyl sites for hydroxylation is 1. The molecule has 23 heavy (non-hydrogen) atoms. The van der Waals surface area contributed by atoms with Crippen LogP contribution in [0.25, 0.3) is 0 Å². The van der Waals surface area contributed by atoms with Crippen LogP contribution in [0.1, 0.15) is 29.2 Å². The highest BCUT2D eigenvalue weighted by molar-refractivity contribution is 7.92. The van der Waals surface area contributed by atoms with Crippen LogP contribution in [0.5, 0.6) is 0 Å². The molecule has 0 bridgehead atoms. The molecule has 1 aliphatic heterocycles. The Morgan fingerprint density at radius 3 is 2.61 bits per heavy atom. The largest absolute Gasteiger partial charge is 0.388 e. The highest BCUT2D eigenvalue weighted by Gasteiger charge is 2.31. The summed E-state index contributed by atoms with van der Waals surface area (Å²) in [4.78, 5) is 0. The number of hydrogen-bond acceptors (Lipinski definition) is 3. The molecule has 2 aromatic carbocycles. The van der Waals surface area contributed by atoms with Gasteiger partial charge in [0.05, 0.1) is 17.5 Å². The zero-order chi connectivity index (χ0) is 16.6. The van der Waals surface area contributed by atoms with Gasteiger partial charge in [-0.25, -0.2) is 12.8 Å². The monoisotopic (exact) mass is 335 g/mol. The van der Waals surface area contributed by atoms with Crippen molar-refractivity contribution in [1.29, 1.82) is 0 Å². The molecule has 122 valence electrons. The SMILES string of the molecule is Cc1ccc2c(c1)C(O)CCN2S(=O)(=O)Cc1ccc(F)cc1. The van der Waals surface area contributed by atoms with Crippen LogP contribution in [0.2, 0.25) is 0 Å². The fourth-order valence-electron chi connectivity index (χ4n) is 2.84. The maximum absolute atomic E-state index is 13.0. The predicted molar refractivity (Wildman–Crippen MR) is 87.1 cm³/mol. The van der Waals surface area contributed by atoms with Crippen LogP contribution in [-0.2, 0) is 15.8 Å². The molecule has 2 aromatic rings. The minimum absolute atomic E-state index is 0.198. The van der Waals surface area contributed by atoms with Crippen LogP contribution < -0.4 is 4.31 Å². The third kappa shape index (κ3) is 3.23. The first-order valence-electron chi connectivity index (χ1n) is 7.40. The van der Waals surface area contributed by atoms with Crippen molar-refractivity contribution in [2.75, 3.05) is 10.8 Å². The number of nitrogens with zero attached hydrogens (tertiary/aromatic N) is 1. The molecule has 0 radical (unpaired) electrons. The van der Waals surface area contributed by atoms with E-state index in [9.17, 15) is 17.9 Å². The standard InChI is InChI=1S/C17H18FNO3S/c1-12-2-7-16-15(10-12)17(20)8-9-19(16)23(21,22)11-13-3-5-14(18)6-4-13/h2-7,10,17,20H,8-9,11H2,1H3. The Kier molecular flexibility index (Phi) is 4.12. The third-order valence-electron chi connectivity index (χ3n) is 4.01. The first-order valence-corrected chi connectivity index (χ1v) is 9.01. The Morgan fingerprint density at radius 2 is 1.91 bits per heavy atom. The molecule has 1 atom stereocenters. The highest BCUT2D eigenvalue weighted by Crippen LogP contribution is 2.36. The summed E-state index contributed by atoms with van der Waals surface area (Å²) in [6, 6.07) is 10.8. The zero-order valence-electron chi connectivity index (χ0n) is 12.7. The highest BCUT2D eigenvalue weighted by atomic mass is 32.2. The summed E-state index contributed by atoms with van der Waals surface area (Å²) in [5, 5.41) is 10.1. The van der Waals surface area contributed by atoms with Crippen molar-refractivity contribution in [1.82, 2.24) is 0 Å². The molecular formula is C17H18FNO3S. The second-order valence-corrected chi connectivity index (χ2v) is 7.71. The summed E-state index contributed by atoms with van der Waals surface area (Å²) in [5.41, 5.74) is 2.67. The zero-order valence-corrected chi connectivity index (χ0v) is 13.6. The minimum Gasteiger partial charge on any atom is -0.388 e. The number of hydrogen-bond donors (Lipinski definition) is 1. The number of fused-ring (bicyclic) bond motifs is 1. The lowest BCUT2D eigenvalue weighted by Crippen LogP contribution is -2.37. The normalized spacial score (nSPS) is 17.9. The Labute approximate surface area is 135 Å². The molecule has 4 nitrogen and oxygen atoms in total.